The molecule has 2 rings (SSSR count). The van der Waals surface area contributed by atoms with Gasteiger partial charge in [-0.05, 0) is 49.2 Å². The molecule has 0 aliphatic heterocycles. The van der Waals surface area contributed by atoms with Gasteiger partial charge in [0.15, 0.2) is 11.5 Å². The van der Waals surface area contributed by atoms with Crippen molar-refractivity contribution in [2.45, 2.75) is 26.8 Å². The first kappa shape index (κ1) is 18.3. The molecule has 1 amide bonds. The quantitative estimate of drug-likeness (QED) is 0.797. The van der Waals surface area contributed by atoms with E-state index < -0.39 is 0 Å². The summed E-state index contributed by atoms with van der Waals surface area (Å²) in [5, 5.41) is 11.8. The van der Waals surface area contributed by atoms with E-state index in [2.05, 4.69) is 11.4 Å². The standard InChI is InChI=1S/C20H22N2O3/c1-3-10-25-18-9-8-17(12-19(18)24-4-2)20(23)22-14-16-7-5-6-15(11-16)13-21/h5-9,11-12H,3-4,10,14H2,1-2H3,(H,22,23). The van der Waals surface area contributed by atoms with Crippen molar-refractivity contribution in [3.8, 4) is 17.6 Å². The third-order valence-electron chi connectivity index (χ3n) is 3.48. The zero-order valence-corrected chi connectivity index (χ0v) is 14.5. The number of nitrogens with zero attached hydrogens (tertiary/aromatic N) is 1. The fourth-order valence-corrected chi connectivity index (χ4v) is 2.28. The van der Waals surface area contributed by atoms with Crippen molar-refractivity contribution in [1.82, 2.24) is 5.32 Å². The van der Waals surface area contributed by atoms with E-state index in [1.54, 1.807) is 36.4 Å². The van der Waals surface area contributed by atoms with Crippen LogP contribution in [0, 0.1) is 11.3 Å². The SMILES string of the molecule is CCCOc1ccc(C(=O)NCc2cccc(C#N)c2)cc1OCC. The first-order valence-electron chi connectivity index (χ1n) is 8.34. The maximum atomic E-state index is 12.4. The summed E-state index contributed by atoms with van der Waals surface area (Å²) in [6.07, 6.45) is 0.898. The molecule has 0 saturated heterocycles. The zero-order valence-electron chi connectivity index (χ0n) is 14.5. The molecule has 2 aromatic rings. The van der Waals surface area contributed by atoms with Crippen molar-refractivity contribution in [3.63, 3.8) is 0 Å². The van der Waals surface area contributed by atoms with Gasteiger partial charge in [-0.1, -0.05) is 19.1 Å². The minimum atomic E-state index is -0.203. The fourth-order valence-electron chi connectivity index (χ4n) is 2.28. The van der Waals surface area contributed by atoms with Crippen LogP contribution in [-0.2, 0) is 6.54 Å². The molecule has 2 aromatic carbocycles. The highest BCUT2D eigenvalue weighted by Gasteiger charge is 2.11. The molecule has 25 heavy (non-hydrogen) atoms. The monoisotopic (exact) mass is 338 g/mol. The number of ether oxygens (including phenoxy) is 2. The number of hydrogen-bond donors (Lipinski definition) is 1. The summed E-state index contributed by atoms with van der Waals surface area (Å²) in [4.78, 5) is 12.4. The molecule has 5 nitrogen and oxygen atoms in total. The highest BCUT2D eigenvalue weighted by molar-refractivity contribution is 5.94. The van der Waals surface area contributed by atoms with Gasteiger partial charge in [0, 0.05) is 12.1 Å². The third-order valence-corrected chi connectivity index (χ3v) is 3.48. The summed E-state index contributed by atoms with van der Waals surface area (Å²) in [6, 6.07) is 14.4. The van der Waals surface area contributed by atoms with Crippen LogP contribution in [0.25, 0.3) is 0 Å². The molecule has 130 valence electrons. The molecule has 0 saturated carbocycles. The van der Waals surface area contributed by atoms with Crippen LogP contribution in [0.1, 0.15) is 41.8 Å². The molecule has 0 aromatic heterocycles. The highest BCUT2D eigenvalue weighted by atomic mass is 16.5. The van der Waals surface area contributed by atoms with E-state index in [1.807, 2.05) is 19.9 Å². The Kier molecular flexibility index (Phi) is 6.85. The number of benzene rings is 2. The van der Waals surface area contributed by atoms with Crippen molar-refractivity contribution >= 4 is 5.91 Å². The van der Waals surface area contributed by atoms with E-state index in [0.29, 0.717) is 42.4 Å². The molecule has 5 heteroatoms. The van der Waals surface area contributed by atoms with Crippen LogP contribution in [-0.4, -0.2) is 19.1 Å². The van der Waals surface area contributed by atoms with E-state index in [9.17, 15) is 4.79 Å². The lowest BCUT2D eigenvalue weighted by Gasteiger charge is -2.13. The number of nitrogens with one attached hydrogen (secondary N) is 1. The normalized spacial score (nSPS) is 9.96. The van der Waals surface area contributed by atoms with E-state index >= 15 is 0 Å². The second-order valence-corrected chi connectivity index (χ2v) is 5.44. The third kappa shape index (κ3) is 5.25. The number of nitriles is 1. The van der Waals surface area contributed by atoms with Gasteiger partial charge in [-0.3, -0.25) is 4.79 Å². The molecule has 0 radical (unpaired) electrons. The number of carbonyl (C=O) groups excluding carboxylic acids is 1. The van der Waals surface area contributed by atoms with E-state index in [-0.39, 0.29) is 5.91 Å². The van der Waals surface area contributed by atoms with Crippen molar-refractivity contribution in [2.24, 2.45) is 0 Å². The van der Waals surface area contributed by atoms with Crippen LogP contribution in [0.5, 0.6) is 11.5 Å². The van der Waals surface area contributed by atoms with Crippen LogP contribution < -0.4 is 14.8 Å². The number of hydrogen-bond acceptors (Lipinski definition) is 4. The average Bonchev–Trinajstić information content (AvgIpc) is 2.65. The summed E-state index contributed by atoms with van der Waals surface area (Å²) in [5.74, 6) is 1.00. The summed E-state index contributed by atoms with van der Waals surface area (Å²) < 4.78 is 11.2. The molecule has 0 spiro atoms. The predicted octanol–water partition coefficient (Wildman–Crippen LogP) is 3.68. The highest BCUT2D eigenvalue weighted by Crippen LogP contribution is 2.28. The molecule has 0 unspecified atom stereocenters. The minimum absolute atomic E-state index is 0.203. The van der Waals surface area contributed by atoms with Crippen molar-refractivity contribution < 1.29 is 14.3 Å². The van der Waals surface area contributed by atoms with Gasteiger partial charge in [0.05, 0.1) is 24.8 Å². The first-order chi connectivity index (χ1) is 12.2. The predicted molar refractivity (Wildman–Crippen MR) is 95.7 cm³/mol. The largest absolute Gasteiger partial charge is 0.490 e. The number of carbonyl (C=O) groups is 1. The Morgan fingerprint density at radius 3 is 2.68 bits per heavy atom. The van der Waals surface area contributed by atoms with Gasteiger partial charge < -0.3 is 14.8 Å². The van der Waals surface area contributed by atoms with Gasteiger partial charge in [-0.25, -0.2) is 0 Å². The molecule has 0 atom stereocenters. The summed E-state index contributed by atoms with van der Waals surface area (Å²) in [5.41, 5.74) is 1.95. The molecule has 0 fully saturated rings. The lowest BCUT2D eigenvalue weighted by atomic mass is 10.1. The minimum Gasteiger partial charge on any atom is -0.490 e. The summed E-state index contributed by atoms with van der Waals surface area (Å²) >= 11 is 0. The lowest BCUT2D eigenvalue weighted by Crippen LogP contribution is -2.22. The van der Waals surface area contributed by atoms with Crippen molar-refractivity contribution in [2.75, 3.05) is 13.2 Å². The van der Waals surface area contributed by atoms with Crippen LogP contribution in [0.3, 0.4) is 0 Å². The van der Waals surface area contributed by atoms with Gasteiger partial charge >= 0.3 is 0 Å². The van der Waals surface area contributed by atoms with Crippen molar-refractivity contribution in [3.05, 3.63) is 59.2 Å². The topological polar surface area (TPSA) is 71.3 Å². The Morgan fingerprint density at radius 2 is 1.96 bits per heavy atom. The van der Waals surface area contributed by atoms with Gasteiger partial charge in [-0.2, -0.15) is 5.26 Å². The van der Waals surface area contributed by atoms with Crippen LogP contribution in [0.15, 0.2) is 42.5 Å². The lowest BCUT2D eigenvalue weighted by molar-refractivity contribution is 0.0950. The van der Waals surface area contributed by atoms with Gasteiger partial charge in [0.2, 0.25) is 0 Å². The summed E-state index contributed by atoms with van der Waals surface area (Å²) in [7, 11) is 0. The summed E-state index contributed by atoms with van der Waals surface area (Å²) in [6.45, 7) is 5.36. The second kappa shape index (κ2) is 9.33. The molecule has 0 bridgehead atoms. The van der Waals surface area contributed by atoms with Crippen molar-refractivity contribution in [1.29, 1.82) is 5.26 Å². The van der Waals surface area contributed by atoms with Crippen LogP contribution in [0.4, 0.5) is 0 Å². The number of rotatable bonds is 8. The Bertz CT molecular complexity index is 766. The number of amides is 1. The van der Waals surface area contributed by atoms with E-state index in [1.165, 1.54) is 0 Å². The molecular formula is C20H22N2O3. The maximum absolute atomic E-state index is 12.4. The first-order valence-corrected chi connectivity index (χ1v) is 8.34. The smallest absolute Gasteiger partial charge is 0.251 e. The Labute approximate surface area is 148 Å². The fraction of sp³-hybridized carbons (Fsp3) is 0.300. The van der Waals surface area contributed by atoms with Gasteiger partial charge in [0.1, 0.15) is 0 Å². The van der Waals surface area contributed by atoms with Crippen LogP contribution in [0.2, 0.25) is 0 Å². The van der Waals surface area contributed by atoms with Crippen LogP contribution >= 0.6 is 0 Å². The Hall–Kier alpha value is -3.00. The second-order valence-electron chi connectivity index (χ2n) is 5.44. The molecule has 0 aliphatic carbocycles. The average molecular weight is 338 g/mol. The molecule has 1 N–H and O–H groups in total. The molecular weight excluding hydrogens is 316 g/mol. The molecule has 0 heterocycles. The maximum Gasteiger partial charge on any atom is 0.251 e. The Balaban J connectivity index is 2.07. The van der Waals surface area contributed by atoms with E-state index in [0.717, 1.165) is 12.0 Å². The zero-order chi connectivity index (χ0) is 18.1. The van der Waals surface area contributed by atoms with Gasteiger partial charge in [-0.15, -0.1) is 0 Å². The molecule has 0 aliphatic rings. The Morgan fingerprint density at radius 1 is 1.12 bits per heavy atom. The van der Waals surface area contributed by atoms with Gasteiger partial charge in [0.25, 0.3) is 5.91 Å². The van der Waals surface area contributed by atoms with E-state index in [4.69, 9.17) is 14.7 Å².